The van der Waals surface area contributed by atoms with Crippen molar-refractivity contribution in [1.29, 1.82) is 0 Å². The van der Waals surface area contributed by atoms with Gasteiger partial charge < -0.3 is 0 Å². The smallest absolute Gasteiger partial charge is 0.273 e. The fraction of sp³-hybridized carbons (Fsp3) is 0.200. The van der Waals surface area contributed by atoms with Crippen LogP contribution in [0.1, 0.15) is 16.7 Å². The lowest BCUT2D eigenvalue weighted by Gasteiger charge is -2.14. The van der Waals surface area contributed by atoms with E-state index in [9.17, 15) is 18.5 Å². The lowest BCUT2D eigenvalue weighted by molar-refractivity contribution is -0.385. The fourth-order valence-electron chi connectivity index (χ4n) is 2.08. The molecule has 6 nitrogen and oxygen atoms in total. The molecule has 0 saturated heterocycles. The topological polar surface area (TPSA) is 89.3 Å². The molecule has 0 aliphatic heterocycles. The van der Waals surface area contributed by atoms with Gasteiger partial charge in [-0.25, -0.2) is 8.42 Å². The molecular weight excluding hydrogens is 384 g/mol. The van der Waals surface area contributed by atoms with E-state index in [-0.39, 0.29) is 10.6 Å². The van der Waals surface area contributed by atoms with Crippen LogP contribution in [0.25, 0.3) is 0 Å². The lowest BCUT2D eigenvalue weighted by Crippen LogP contribution is -2.15. The van der Waals surface area contributed by atoms with Crippen LogP contribution in [0.4, 0.5) is 11.4 Å². The highest BCUT2D eigenvalue weighted by molar-refractivity contribution is 9.10. The Morgan fingerprint density at radius 2 is 1.65 bits per heavy atom. The van der Waals surface area contributed by atoms with Crippen molar-refractivity contribution < 1.29 is 13.3 Å². The van der Waals surface area contributed by atoms with Crippen LogP contribution in [0.15, 0.2) is 39.7 Å². The van der Waals surface area contributed by atoms with E-state index in [1.165, 1.54) is 18.2 Å². The lowest BCUT2D eigenvalue weighted by atomic mass is 10.1. The van der Waals surface area contributed by atoms with E-state index in [0.717, 1.165) is 5.56 Å². The molecule has 2 aromatic carbocycles. The Kier molecular flexibility index (Phi) is 4.76. The predicted molar refractivity (Wildman–Crippen MR) is 92.3 cm³/mol. The molecule has 8 heteroatoms. The minimum atomic E-state index is -3.77. The van der Waals surface area contributed by atoms with Gasteiger partial charge in [0.1, 0.15) is 0 Å². The molecule has 23 heavy (non-hydrogen) atoms. The second-order valence-electron chi connectivity index (χ2n) is 5.18. The van der Waals surface area contributed by atoms with E-state index in [2.05, 4.69) is 20.7 Å². The molecule has 0 spiro atoms. The third kappa shape index (κ3) is 3.53. The average Bonchev–Trinajstić information content (AvgIpc) is 2.47. The zero-order chi connectivity index (χ0) is 17.4. The van der Waals surface area contributed by atoms with E-state index in [4.69, 9.17) is 0 Å². The number of hydrogen-bond donors (Lipinski definition) is 1. The van der Waals surface area contributed by atoms with Crippen molar-refractivity contribution in [1.82, 2.24) is 0 Å². The fourth-order valence-corrected chi connectivity index (χ4v) is 3.97. The summed E-state index contributed by atoms with van der Waals surface area (Å²) in [5, 5.41) is 11.0. The van der Waals surface area contributed by atoms with Crippen molar-refractivity contribution in [3.8, 4) is 0 Å². The van der Waals surface area contributed by atoms with Crippen LogP contribution in [-0.4, -0.2) is 13.3 Å². The standard InChI is InChI=1S/C15H15BrN2O4S/c1-9-4-6-12(7-5-9)23(21,22)17-15-11(3)10(2)14(18(19)20)8-13(15)16/h4-8,17H,1-3H3. The summed E-state index contributed by atoms with van der Waals surface area (Å²) in [7, 11) is -3.77. The molecule has 0 fully saturated rings. The molecule has 0 atom stereocenters. The highest BCUT2D eigenvalue weighted by atomic mass is 79.9. The van der Waals surface area contributed by atoms with Gasteiger partial charge in [-0.15, -0.1) is 0 Å². The Balaban J connectivity index is 2.50. The number of anilines is 1. The van der Waals surface area contributed by atoms with Crippen molar-refractivity contribution >= 4 is 37.3 Å². The highest BCUT2D eigenvalue weighted by Crippen LogP contribution is 2.36. The molecule has 0 aromatic heterocycles. The second kappa shape index (κ2) is 6.29. The molecule has 122 valence electrons. The first kappa shape index (κ1) is 17.4. The van der Waals surface area contributed by atoms with Crippen LogP contribution < -0.4 is 4.72 Å². The van der Waals surface area contributed by atoms with Crippen molar-refractivity contribution in [3.05, 3.63) is 61.6 Å². The van der Waals surface area contributed by atoms with Crippen LogP contribution in [0.5, 0.6) is 0 Å². The van der Waals surface area contributed by atoms with E-state index < -0.39 is 14.9 Å². The maximum Gasteiger partial charge on any atom is 0.273 e. The second-order valence-corrected chi connectivity index (χ2v) is 7.71. The van der Waals surface area contributed by atoms with Crippen LogP contribution in [0.3, 0.4) is 0 Å². The van der Waals surface area contributed by atoms with E-state index in [1.807, 2.05) is 6.92 Å². The van der Waals surface area contributed by atoms with Gasteiger partial charge >= 0.3 is 0 Å². The number of nitrogens with zero attached hydrogens (tertiary/aromatic N) is 1. The number of hydrogen-bond acceptors (Lipinski definition) is 4. The van der Waals surface area contributed by atoms with Crippen molar-refractivity contribution in [2.24, 2.45) is 0 Å². The van der Waals surface area contributed by atoms with Gasteiger partial charge in [0.25, 0.3) is 15.7 Å². The predicted octanol–water partition coefficient (Wildman–Crippen LogP) is 4.08. The molecule has 0 aliphatic rings. The number of aryl methyl sites for hydroxylation is 1. The molecule has 2 aromatic rings. The summed E-state index contributed by atoms with van der Waals surface area (Å²) in [4.78, 5) is 10.7. The van der Waals surface area contributed by atoms with Gasteiger partial charge in [0.05, 0.1) is 15.5 Å². The molecular formula is C15H15BrN2O4S. The number of benzene rings is 2. The quantitative estimate of drug-likeness (QED) is 0.620. The van der Waals surface area contributed by atoms with Gasteiger partial charge in [0.2, 0.25) is 0 Å². The van der Waals surface area contributed by atoms with Gasteiger partial charge in [-0.1, -0.05) is 17.7 Å². The third-order valence-corrected chi connectivity index (χ3v) is 5.58. The first-order valence-electron chi connectivity index (χ1n) is 6.67. The Morgan fingerprint density at radius 3 is 2.17 bits per heavy atom. The Labute approximate surface area is 142 Å². The van der Waals surface area contributed by atoms with Gasteiger partial charge in [-0.2, -0.15) is 0 Å². The Morgan fingerprint density at radius 1 is 1.09 bits per heavy atom. The summed E-state index contributed by atoms with van der Waals surface area (Å²) in [5.41, 5.74) is 2.11. The van der Waals surface area contributed by atoms with Gasteiger partial charge in [-0.3, -0.25) is 14.8 Å². The molecule has 0 aliphatic carbocycles. The maximum atomic E-state index is 12.5. The zero-order valence-electron chi connectivity index (χ0n) is 12.8. The number of sulfonamides is 1. The minimum Gasteiger partial charge on any atom is -0.278 e. The monoisotopic (exact) mass is 398 g/mol. The third-order valence-electron chi connectivity index (χ3n) is 3.59. The largest absolute Gasteiger partial charge is 0.278 e. The first-order valence-corrected chi connectivity index (χ1v) is 8.94. The molecule has 0 unspecified atom stereocenters. The number of rotatable bonds is 4. The molecule has 0 saturated carbocycles. The normalized spacial score (nSPS) is 11.3. The molecule has 2 rings (SSSR count). The summed E-state index contributed by atoms with van der Waals surface area (Å²) in [5.74, 6) is 0. The zero-order valence-corrected chi connectivity index (χ0v) is 15.2. The van der Waals surface area contributed by atoms with Crippen LogP contribution in [-0.2, 0) is 10.0 Å². The summed E-state index contributed by atoms with van der Waals surface area (Å²) in [6, 6.07) is 7.74. The molecule has 0 heterocycles. The van der Waals surface area contributed by atoms with Crippen molar-refractivity contribution in [2.45, 2.75) is 25.7 Å². The van der Waals surface area contributed by atoms with E-state index in [1.54, 1.807) is 26.0 Å². The summed E-state index contributed by atoms with van der Waals surface area (Å²) in [6.07, 6.45) is 0. The SMILES string of the molecule is Cc1ccc(S(=O)(=O)Nc2c(Br)cc([N+](=O)[O-])c(C)c2C)cc1. The summed E-state index contributed by atoms with van der Waals surface area (Å²) < 4.78 is 27.8. The Bertz CT molecular complexity index is 877. The van der Waals surface area contributed by atoms with Crippen molar-refractivity contribution in [2.75, 3.05) is 4.72 Å². The average molecular weight is 399 g/mol. The molecule has 0 amide bonds. The number of nitro groups is 1. The molecule has 1 N–H and O–H groups in total. The van der Waals surface area contributed by atoms with Gasteiger partial charge in [0.15, 0.2) is 0 Å². The summed E-state index contributed by atoms with van der Waals surface area (Å²) in [6.45, 7) is 5.09. The number of nitrogens with one attached hydrogen (secondary N) is 1. The van der Waals surface area contributed by atoms with Crippen LogP contribution in [0, 0.1) is 30.9 Å². The Hall–Kier alpha value is -1.93. The van der Waals surface area contributed by atoms with Crippen molar-refractivity contribution in [3.63, 3.8) is 0 Å². The van der Waals surface area contributed by atoms with E-state index >= 15 is 0 Å². The molecule has 0 radical (unpaired) electrons. The van der Waals surface area contributed by atoms with Crippen LogP contribution >= 0.6 is 15.9 Å². The minimum absolute atomic E-state index is 0.0624. The van der Waals surface area contributed by atoms with Gasteiger partial charge in [-0.05, 0) is 54.4 Å². The highest BCUT2D eigenvalue weighted by Gasteiger charge is 2.22. The number of nitro benzene ring substituents is 1. The number of halogens is 1. The van der Waals surface area contributed by atoms with E-state index in [0.29, 0.717) is 21.3 Å². The molecule has 0 bridgehead atoms. The summed E-state index contributed by atoms with van der Waals surface area (Å²) >= 11 is 3.21. The first-order chi connectivity index (χ1) is 10.6. The maximum absolute atomic E-state index is 12.5. The van der Waals surface area contributed by atoms with Gasteiger partial charge in [0, 0.05) is 16.1 Å². The van der Waals surface area contributed by atoms with Crippen LogP contribution in [0.2, 0.25) is 0 Å².